The van der Waals surface area contributed by atoms with Crippen molar-refractivity contribution >= 4 is 23.2 Å². The van der Waals surface area contributed by atoms with Crippen LogP contribution < -0.4 is 5.32 Å². The van der Waals surface area contributed by atoms with E-state index in [4.69, 9.17) is 0 Å². The molecule has 0 aliphatic carbocycles. The second-order valence-electron chi connectivity index (χ2n) is 5.53. The van der Waals surface area contributed by atoms with Gasteiger partial charge in [-0.2, -0.15) is 0 Å². The van der Waals surface area contributed by atoms with Crippen LogP contribution in [-0.2, 0) is 11.3 Å². The van der Waals surface area contributed by atoms with Crippen LogP contribution in [-0.4, -0.2) is 35.5 Å². The minimum Gasteiger partial charge on any atom is -0.396 e. The van der Waals surface area contributed by atoms with Crippen molar-refractivity contribution in [3.05, 3.63) is 57.8 Å². The summed E-state index contributed by atoms with van der Waals surface area (Å²) < 4.78 is 0. The topological polar surface area (TPSA) is 69.6 Å². The van der Waals surface area contributed by atoms with Gasteiger partial charge in [-0.15, -0.1) is 11.3 Å². The van der Waals surface area contributed by atoms with Crippen LogP contribution in [0.1, 0.15) is 39.5 Å². The molecule has 0 spiro atoms. The normalized spacial score (nSPS) is 11.8. The maximum atomic E-state index is 12.8. The van der Waals surface area contributed by atoms with E-state index in [1.807, 2.05) is 36.4 Å². The van der Waals surface area contributed by atoms with E-state index in [0.717, 1.165) is 10.4 Å². The van der Waals surface area contributed by atoms with Crippen LogP contribution in [0.2, 0.25) is 0 Å². The fourth-order valence-corrected chi connectivity index (χ4v) is 3.43. The minimum absolute atomic E-state index is 0.00933. The Morgan fingerprint density at radius 3 is 2.54 bits per heavy atom. The van der Waals surface area contributed by atoms with Crippen molar-refractivity contribution in [3.8, 4) is 0 Å². The first-order chi connectivity index (χ1) is 11.5. The van der Waals surface area contributed by atoms with Gasteiger partial charge in [0.1, 0.15) is 0 Å². The van der Waals surface area contributed by atoms with Crippen LogP contribution in [0, 0.1) is 0 Å². The van der Waals surface area contributed by atoms with Crippen LogP contribution >= 0.6 is 11.3 Å². The van der Waals surface area contributed by atoms with Crippen molar-refractivity contribution in [1.29, 1.82) is 0 Å². The smallest absolute Gasteiger partial charge is 0.264 e. The van der Waals surface area contributed by atoms with Gasteiger partial charge in [0.05, 0.1) is 17.5 Å². The van der Waals surface area contributed by atoms with E-state index >= 15 is 0 Å². The first-order valence-corrected chi connectivity index (χ1v) is 8.60. The molecule has 1 aromatic carbocycles. The summed E-state index contributed by atoms with van der Waals surface area (Å²) in [6.45, 7) is 1.90. The SMILES string of the molecule is CC(=O)NCc1ccc(C(=O)N(C)C(CCO)c2ccccc2)s1. The molecule has 128 valence electrons. The zero-order chi connectivity index (χ0) is 17.5. The van der Waals surface area contributed by atoms with Gasteiger partial charge >= 0.3 is 0 Å². The fourth-order valence-electron chi connectivity index (χ4n) is 2.50. The molecule has 1 atom stereocenters. The summed E-state index contributed by atoms with van der Waals surface area (Å²) in [6, 6.07) is 13.1. The predicted octanol–water partition coefficient (Wildman–Crippen LogP) is 2.58. The van der Waals surface area contributed by atoms with Gasteiger partial charge in [-0.3, -0.25) is 9.59 Å². The number of thiophene rings is 1. The van der Waals surface area contributed by atoms with E-state index in [-0.39, 0.29) is 24.5 Å². The first-order valence-electron chi connectivity index (χ1n) is 7.79. The van der Waals surface area contributed by atoms with E-state index < -0.39 is 0 Å². The van der Waals surface area contributed by atoms with Gasteiger partial charge in [0.15, 0.2) is 0 Å². The summed E-state index contributed by atoms with van der Waals surface area (Å²) in [6.07, 6.45) is 0.483. The molecule has 0 radical (unpaired) electrons. The molecule has 0 saturated carbocycles. The minimum atomic E-state index is -0.176. The summed E-state index contributed by atoms with van der Waals surface area (Å²) in [4.78, 5) is 27.0. The number of rotatable bonds is 7. The molecule has 2 N–H and O–H groups in total. The Hall–Kier alpha value is -2.18. The fraction of sp³-hybridized carbons (Fsp3) is 0.333. The molecule has 24 heavy (non-hydrogen) atoms. The van der Waals surface area contributed by atoms with Gasteiger partial charge in [0.25, 0.3) is 5.91 Å². The Morgan fingerprint density at radius 1 is 1.21 bits per heavy atom. The van der Waals surface area contributed by atoms with E-state index in [9.17, 15) is 14.7 Å². The molecule has 0 aliphatic rings. The summed E-state index contributed by atoms with van der Waals surface area (Å²) >= 11 is 1.37. The molecular formula is C18H22N2O3S. The molecule has 1 heterocycles. The average Bonchev–Trinajstić information content (AvgIpc) is 3.06. The van der Waals surface area contributed by atoms with Crippen LogP contribution in [0.3, 0.4) is 0 Å². The maximum Gasteiger partial charge on any atom is 0.264 e. The van der Waals surface area contributed by atoms with Crippen LogP contribution in [0.4, 0.5) is 0 Å². The van der Waals surface area contributed by atoms with E-state index in [0.29, 0.717) is 17.8 Å². The van der Waals surface area contributed by atoms with Gasteiger partial charge in [-0.25, -0.2) is 0 Å². The molecule has 5 nitrogen and oxygen atoms in total. The standard InChI is InChI=1S/C18H22N2O3S/c1-13(22)19-12-15-8-9-17(24-15)18(23)20(2)16(10-11-21)14-6-4-3-5-7-14/h3-9,16,21H,10-12H2,1-2H3,(H,19,22). The second-order valence-corrected chi connectivity index (χ2v) is 6.70. The Kier molecular flexibility index (Phi) is 6.52. The highest BCUT2D eigenvalue weighted by molar-refractivity contribution is 7.14. The van der Waals surface area contributed by atoms with Crippen molar-refractivity contribution in [2.24, 2.45) is 0 Å². The number of aliphatic hydroxyl groups is 1. The molecule has 6 heteroatoms. The summed E-state index contributed by atoms with van der Waals surface area (Å²) in [5, 5.41) is 12.1. The number of hydrogen-bond acceptors (Lipinski definition) is 4. The third kappa shape index (κ3) is 4.66. The van der Waals surface area contributed by atoms with Crippen molar-refractivity contribution in [1.82, 2.24) is 10.2 Å². The van der Waals surface area contributed by atoms with Gasteiger partial charge in [-0.1, -0.05) is 30.3 Å². The van der Waals surface area contributed by atoms with Crippen LogP contribution in [0.25, 0.3) is 0 Å². The maximum absolute atomic E-state index is 12.8. The zero-order valence-corrected chi connectivity index (χ0v) is 14.7. The Labute approximate surface area is 145 Å². The number of benzene rings is 1. The Balaban J connectivity index is 2.13. The second kappa shape index (κ2) is 8.61. The molecule has 2 rings (SSSR count). The third-order valence-electron chi connectivity index (χ3n) is 3.76. The Bertz CT molecular complexity index is 685. The number of amides is 2. The zero-order valence-electron chi connectivity index (χ0n) is 13.9. The van der Waals surface area contributed by atoms with Crippen LogP contribution in [0.5, 0.6) is 0 Å². The number of carbonyl (C=O) groups excluding carboxylic acids is 2. The van der Waals surface area contributed by atoms with Gasteiger partial charge in [-0.05, 0) is 24.1 Å². The quantitative estimate of drug-likeness (QED) is 0.809. The molecule has 0 saturated heterocycles. The molecular weight excluding hydrogens is 324 g/mol. The molecule has 1 aromatic heterocycles. The highest BCUT2D eigenvalue weighted by Gasteiger charge is 2.23. The van der Waals surface area contributed by atoms with Gasteiger partial charge in [0.2, 0.25) is 5.91 Å². The first kappa shape index (κ1) is 18.2. The number of hydrogen-bond donors (Lipinski definition) is 2. The number of aliphatic hydroxyl groups excluding tert-OH is 1. The lowest BCUT2D eigenvalue weighted by atomic mass is 10.0. The average molecular weight is 346 g/mol. The van der Waals surface area contributed by atoms with Crippen molar-refractivity contribution < 1.29 is 14.7 Å². The number of nitrogens with zero attached hydrogens (tertiary/aromatic N) is 1. The summed E-state index contributed by atoms with van der Waals surface area (Å²) in [5.41, 5.74) is 0.998. The van der Waals surface area contributed by atoms with E-state index in [1.165, 1.54) is 18.3 Å². The van der Waals surface area contributed by atoms with E-state index in [1.54, 1.807) is 18.0 Å². The summed E-state index contributed by atoms with van der Waals surface area (Å²) in [7, 11) is 1.75. The lowest BCUT2D eigenvalue weighted by Gasteiger charge is -2.28. The van der Waals surface area contributed by atoms with Crippen molar-refractivity contribution in [3.63, 3.8) is 0 Å². The number of carbonyl (C=O) groups is 2. The highest BCUT2D eigenvalue weighted by Crippen LogP contribution is 2.26. The van der Waals surface area contributed by atoms with E-state index in [2.05, 4.69) is 5.32 Å². The van der Waals surface area contributed by atoms with Crippen molar-refractivity contribution in [2.75, 3.05) is 13.7 Å². The Morgan fingerprint density at radius 2 is 1.92 bits per heavy atom. The van der Waals surface area contributed by atoms with Crippen molar-refractivity contribution in [2.45, 2.75) is 25.9 Å². The van der Waals surface area contributed by atoms with Gasteiger partial charge < -0.3 is 15.3 Å². The number of nitrogens with one attached hydrogen (secondary N) is 1. The third-order valence-corrected chi connectivity index (χ3v) is 4.83. The lowest BCUT2D eigenvalue weighted by molar-refractivity contribution is -0.119. The predicted molar refractivity (Wildman–Crippen MR) is 94.8 cm³/mol. The molecule has 0 fully saturated rings. The molecule has 2 amide bonds. The molecule has 0 aliphatic heterocycles. The lowest BCUT2D eigenvalue weighted by Crippen LogP contribution is -2.31. The molecule has 2 aromatic rings. The van der Waals surface area contributed by atoms with Gasteiger partial charge in [0, 0.05) is 25.5 Å². The largest absolute Gasteiger partial charge is 0.396 e. The van der Waals surface area contributed by atoms with Crippen LogP contribution in [0.15, 0.2) is 42.5 Å². The summed E-state index contributed by atoms with van der Waals surface area (Å²) in [5.74, 6) is -0.183. The monoisotopic (exact) mass is 346 g/mol. The highest BCUT2D eigenvalue weighted by atomic mass is 32.1. The molecule has 1 unspecified atom stereocenters. The molecule has 0 bridgehead atoms.